The second-order valence-corrected chi connectivity index (χ2v) is 7.12. The van der Waals surface area contributed by atoms with Gasteiger partial charge in [-0.3, -0.25) is 0 Å². The highest BCUT2D eigenvalue weighted by Crippen LogP contribution is 2.29. The maximum Gasteiger partial charge on any atom is 0.159 e. The van der Waals surface area contributed by atoms with E-state index in [0.717, 1.165) is 66.3 Å². The number of fused-ring (bicyclic) bond motifs is 1. The number of aryl methyl sites for hydroxylation is 1. The summed E-state index contributed by atoms with van der Waals surface area (Å²) in [6.07, 6.45) is 4.68. The molecule has 1 fully saturated rings. The smallest absolute Gasteiger partial charge is 0.159 e. The summed E-state index contributed by atoms with van der Waals surface area (Å²) < 4.78 is 9.60. The maximum atomic E-state index is 5.54. The van der Waals surface area contributed by atoms with Crippen LogP contribution in [0.15, 0.2) is 54.7 Å². The third-order valence-electron chi connectivity index (χ3n) is 5.41. The minimum atomic E-state index is 0.346. The van der Waals surface area contributed by atoms with Gasteiger partial charge in [0.05, 0.1) is 35.0 Å². The molecule has 3 aromatic heterocycles. The lowest BCUT2D eigenvalue weighted by atomic mass is 10.1. The average molecular weight is 373 g/mol. The Kier molecular flexibility index (Phi) is 4.41. The molecular formula is C22H23N5O. The standard InChI is InChI=1S/C22H23N5O/c1-2-19-18-8-9-20(21-10-13-23-26(21)16-6-4-3-5-7-16)24-22(18)27(25-19)17-11-14-28-15-12-17/h3-10,13,17H,2,11-12,14-15H2,1H3. The summed E-state index contributed by atoms with van der Waals surface area (Å²) in [5, 5.41) is 10.6. The van der Waals surface area contributed by atoms with Gasteiger partial charge >= 0.3 is 0 Å². The summed E-state index contributed by atoms with van der Waals surface area (Å²) in [7, 11) is 0. The molecule has 0 atom stereocenters. The zero-order valence-corrected chi connectivity index (χ0v) is 16.0. The highest BCUT2D eigenvalue weighted by molar-refractivity contribution is 5.81. The van der Waals surface area contributed by atoms with Crippen molar-refractivity contribution in [3.63, 3.8) is 0 Å². The number of rotatable bonds is 4. The predicted molar refractivity (Wildman–Crippen MR) is 109 cm³/mol. The van der Waals surface area contributed by atoms with Gasteiger partial charge in [0.1, 0.15) is 0 Å². The SMILES string of the molecule is CCc1nn(C2CCOCC2)c2nc(-c3ccnn3-c3ccccc3)ccc12. The van der Waals surface area contributed by atoms with E-state index in [1.165, 1.54) is 0 Å². The fraction of sp³-hybridized carbons (Fsp3) is 0.318. The van der Waals surface area contributed by atoms with Crippen molar-refractivity contribution in [2.75, 3.05) is 13.2 Å². The van der Waals surface area contributed by atoms with Gasteiger partial charge in [-0.15, -0.1) is 0 Å². The van der Waals surface area contributed by atoms with Crippen molar-refractivity contribution in [2.24, 2.45) is 0 Å². The molecule has 6 nitrogen and oxygen atoms in total. The number of ether oxygens (including phenoxy) is 1. The van der Waals surface area contributed by atoms with E-state index in [2.05, 4.69) is 41.0 Å². The van der Waals surface area contributed by atoms with E-state index in [4.69, 9.17) is 14.8 Å². The fourth-order valence-corrected chi connectivity index (χ4v) is 3.94. The van der Waals surface area contributed by atoms with Crippen LogP contribution in [0.4, 0.5) is 0 Å². The number of aromatic nitrogens is 5. The van der Waals surface area contributed by atoms with Gasteiger partial charge in [-0.2, -0.15) is 10.2 Å². The number of nitrogens with zero attached hydrogens (tertiary/aromatic N) is 5. The third-order valence-corrected chi connectivity index (χ3v) is 5.41. The quantitative estimate of drug-likeness (QED) is 0.538. The number of hydrogen-bond donors (Lipinski definition) is 0. The summed E-state index contributed by atoms with van der Waals surface area (Å²) >= 11 is 0. The van der Waals surface area contributed by atoms with Crippen LogP contribution in [0.3, 0.4) is 0 Å². The minimum Gasteiger partial charge on any atom is -0.381 e. The van der Waals surface area contributed by atoms with Crippen LogP contribution in [-0.4, -0.2) is 37.8 Å². The summed E-state index contributed by atoms with van der Waals surface area (Å²) in [6.45, 7) is 3.72. The monoisotopic (exact) mass is 373 g/mol. The van der Waals surface area contributed by atoms with Crippen LogP contribution in [0, 0.1) is 0 Å². The van der Waals surface area contributed by atoms with Gasteiger partial charge in [0, 0.05) is 18.6 Å². The molecule has 0 N–H and O–H groups in total. The molecule has 0 amide bonds. The molecule has 1 aliphatic rings. The lowest BCUT2D eigenvalue weighted by molar-refractivity contribution is 0.0672. The normalized spacial score (nSPS) is 15.3. The predicted octanol–water partition coefficient (Wildman–Crippen LogP) is 4.20. The molecule has 0 radical (unpaired) electrons. The van der Waals surface area contributed by atoms with Crippen molar-refractivity contribution in [2.45, 2.75) is 32.2 Å². The van der Waals surface area contributed by atoms with Crippen LogP contribution in [0.1, 0.15) is 31.5 Å². The van der Waals surface area contributed by atoms with Gasteiger partial charge in [0.25, 0.3) is 0 Å². The van der Waals surface area contributed by atoms with Gasteiger partial charge in [-0.1, -0.05) is 25.1 Å². The molecule has 0 saturated carbocycles. The molecule has 0 bridgehead atoms. The fourth-order valence-electron chi connectivity index (χ4n) is 3.94. The van der Waals surface area contributed by atoms with Crippen LogP contribution < -0.4 is 0 Å². The molecule has 1 saturated heterocycles. The number of hydrogen-bond acceptors (Lipinski definition) is 4. The van der Waals surface area contributed by atoms with E-state index >= 15 is 0 Å². The van der Waals surface area contributed by atoms with E-state index < -0.39 is 0 Å². The summed E-state index contributed by atoms with van der Waals surface area (Å²) in [5.74, 6) is 0. The lowest BCUT2D eigenvalue weighted by Crippen LogP contribution is -2.21. The van der Waals surface area contributed by atoms with Crippen molar-refractivity contribution in [1.82, 2.24) is 24.5 Å². The van der Waals surface area contributed by atoms with Crippen LogP contribution in [0.25, 0.3) is 28.1 Å². The zero-order valence-electron chi connectivity index (χ0n) is 16.0. The molecule has 0 unspecified atom stereocenters. The first kappa shape index (κ1) is 17.1. The topological polar surface area (TPSA) is 57.8 Å². The summed E-state index contributed by atoms with van der Waals surface area (Å²) in [6, 6.07) is 16.7. The lowest BCUT2D eigenvalue weighted by Gasteiger charge is -2.22. The van der Waals surface area contributed by atoms with Crippen molar-refractivity contribution in [1.29, 1.82) is 0 Å². The van der Waals surface area contributed by atoms with Crippen molar-refractivity contribution in [3.8, 4) is 17.1 Å². The highest BCUT2D eigenvalue weighted by Gasteiger charge is 2.22. The third kappa shape index (κ3) is 2.90. The molecule has 6 heteroatoms. The molecule has 28 heavy (non-hydrogen) atoms. The van der Waals surface area contributed by atoms with Gasteiger partial charge in [-0.25, -0.2) is 14.3 Å². The first-order valence-corrected chi connectivity index (χ1v) is 9.91. The molecule has 4 heterocycles. The van der Waals surface area contributed by atoms with Crippen molar-refractivity contribution >= 4 is 11.0 Å². The minimum absolute atomic E-state index is 0.346. The van der Waals surface area contributed by atoms with Gasteiger partial charge in [0.15, 0.2) is 5.65 Å². The first-order valence-electron chi connectivity index (χ1n) is 9.91. The van der Waals surface area contributed by atoms with E-state index in [0.29, 0.717) is 6.04 Å². The number of para-hydroxylation sites is 1. The van der Waals surface area contributed by atoms with E-state index in [-0.39, 0.29) is 0 Å². The van der Waals surface area contributed by atoms with E-state index in [1.807, 2.05) is 35.1 Å². The van der Waals surface area contributed by atoms with Crippen LogP contribution in [-0.2, 0) is 11.2 Å². The Morgan fingerprint density at radius 2 is 1.86 bits per heavy atom. The molecule has 5 rings (SSSR count). The van der Waals surface area contributed by atoms with Gasteiger partial charge in [0.2, 0.25) is 0 Å². The van der Waals surface area contributed by atoms with Crippen LogP contribution in [0.2, 0.25) is 0 Å². The molecule has 0 spiro atoms. The van der Waals surface area contributed by atoms with E-state index in [1.54, 1.807) is 0 Å². The number of benzene rings is 1. The Labute approximate surface area is 163 Å². The van der Waals surface area contributed by atoms with Crippen LogP contribution in [0.5, 0.6) is 0 Å². The summed E-state index contributed by atoms with van der Waals surface area (Å²) in [5.41, 5.74) is 4.98. The summed E-state index contributed by atoms with van der Waals surface area (Å²) in [4.78, 5) is 5.05. The van der Waals surface area contributed by atoms with E-state index in [9.17, 15) is 0 Å². The molecule has 0 aliphatic carbocycles. The Morgan fingerprint density at radius 3 is 2.64 bits per heavy atom. The Bertz CT molecular complexity index is 1090. The molecule has 142 valence electrons. The largest absolute Gasteiger partial charge is 0.381 e. The van der Waals surface area contributed by atoms with Gasteiger partial charge in [-0.05, 0) is 49.6 Å². The molecular weight excluding hydrogens is 350 g/mol. The second-order valence-electron chi connectivity index (χ2n) is 7.12. The zero-order chi connectivity index (χ0) is 18.9. The second kappa shape index (κ2) is 7.20. The number of pyridine rings is 1. The van der Waals surface area contributed by atoms with Gasteiger partial charge < -0.3 is 4.74 Å². The van der Waals surface area contributed by atoms with Crippen molar-refractivity contribution < 1.29 is 4.74 Å². The first-order chi connectivity index (χ1) is 13.8. The molecule has 1 aliphatic heterocycles. The van der Waals surface area contributed by atoms with Crippen molar-refractivity contribution in [3.05, 3.63) is 60.4 Å². The Hall–Kier alpha value is -2.99. The Balaban J connectivity index is 1.63. The Morgan fingerprint density at radius 1 is 1.04 bits per heavy atom. The maximum absolute atomic E-state index is 5.54. The van der Waals surface area contributed by atoms with Crippen LogP contribution >= 0.6 is 0 Å². The average Bonchev–Trinajstić information content (AvgIpc) is 3.39. The molecule has 4 aromatic rings. The molecule has 1 aromatic carbocycles. The highest BCUT2D eigenvalue weighted by atomic mass is 16.5.